The minimum absolute atomic E-state index is 0.603. The highest BCUT2D eigenvalue weighted by molar-refractivity contribution is 5.88. The first-order valence-corrected chi connectivity index (χ1v) is 10.7. The number of rotatable bonds is 7. The molecule has 0 aliphatic carbocycles. The van der Waals surface area contributed by atoms with E-state index < -0.39 is 0 Å². The largest absolute Gasteiger partial charge is 0.497 e. The number of aryl methyl sites for hydroxylation is 2. The van der Waals surface area contributed by atoms with Crippen LogP contribution in [0.5, 0.6) is 5.75 Å². The standard InChI is InChI=1S/C25H26N6O/c1-15-16(2)29-22-7-4-18(12-21(15)22)30-24-9-11-27-25(31-24)26-10-8-17-14-28-23-13-19(32-3)5-6-20(17)23/h4-7,9,11-14,28-29H,8,10H2,1-3H3,(H2,26,27,30,31). The van der Waals surface area contributed by atoms with Crippen molar-refractivity contribution in [2.75, 3.05) is 24.3 Å². The maximum Gasteiger partial charge on any atom is 0.224 e. The molecule has 162 valence electrons. The molecule has 0 fully saturated rings. The molecule has 0 saturated heterocycles. The molecule has 0 atom stereocenters. The van der Waals surface area contributed by atoms with Crippen LogP contribution >= 0.6 is 0 Å². The third kappa shape index (κ3) is 3.85. The molecule has 7 heteroatoms. The predicted octanol–water partition coefficient (Wildman–Crippen LogP) is 5.46. The minimum atomic E-state index is 0.603. The SMILES string of the molecule is COc1ccc2c(CCNc3nccc(Nc4ccc5[nH]c(C)c(C)c5c4)n3)c[nH]c2c1. The summed E-state index contributed by atoms with van der Waals surface area (Å²) in [6, 6.07) is 14.3. The lowest BCUT2D eigenvalue weighted by atomic mass is 10.1. The van der Waals surface area contributed by atoms with E-state index in [1.54, 1.807) is 13.3 Å². The Balaban J connectivity index is 1.25. The molecular weight excluding hydrogens is 400 g/mol. The quantitative estimate of drug-likeness (QED) is 0.277. The average Bonchev–Trinajstić information content (AvgIpc) is 3.34. The number of hydrogen-bond acceptors (Lipinski definition) is 5. The van der Waals surface area contributed by atoms with Crippen molar-refractivity contribution < 1.29 is 4.74 Å². The Morgan fingerprint density at radius 1 is 1.00 bits per heavy atom. The second-order valence-corrected chi connectivity index (χ2v) is 7.93. The lowest BCUT2D eigenvalue weighted by molar-refractivity contribution is 0.415. The molecule has 0 spiro atoms. The zero-order chi connectivity index (χ0) is 22.1. The minimum Gasteiger partial charge on any atom is -0.497 e. The monoisotopic (exact) mass is 426 g/mol. The van der Waals surface area contributed by atoms with Gasteiger partial charge in [-0.3, -0.25) is 0 Å². The molecule has 0 bridgehead atoms. The molecule has 0 saturated carbocycles. The summed E-state index contributed by atoms with van der Waals surface area (Å²) in [4.78, 5) is 15.7. The summed E-state index contributed by atoms with van der Waals surface area (Å²) < 4.78 is 5.30. The van der Waals surface area contributed by atoms with Crippen LogP contribution in [0, 0.1) is 13.8 Å². The highest BCUT2D eigenvalue weighted by atomic mass is 16.5. The molecule has 5 rings (SSSR count). The summed E-state index contributed by atoms with van der Waals surface area (Å²) in [6.45, 7) is 4.96. The highest BCUT2D eigenvalue weighted by Gasteiger charge is 2.07. The Hall–Kier alpha value is -4.00. The van der Waals surface area contributed by atoms with Crippen molar-refractivity contribution in [1.82, 2.24) is 19.9 Å². The number of nitrogens with one attached hydrogen (secondary N) is 4. The number of nitrogens with zero attached hydrogens (tertiary/aromatic N) is 2. The van der Waals surface area contributed by atoms with Gasteiger partial charge in [0.05, 0.1) is 7.11 Å². The normalized spacial score (nSPS) is 11.2. The number of ether oxygens (including phenoxy) is 1. The first-order chi connectivity index (χ1) is 15.6. The molecule has 5 aromatic rings. The van der Waals surface area contributed by atoms with E-state index in [0.29, 0.717) is 5.95 Å². The van der Waals surface area contributed by atoms with Crippen molar-refractivity contribution in [2.45, 2.75) is 20.3 Å². The van der Waals surface area contributed by atoms with Gasteiger partial charge < -0.3 is 25.3 Å². The Kier molecular flexibility index (Phi) is 5.15. The fraction of sp³-hybridized carbons (Fsp3) is 0.200. The first-order valence-electron chi connectivity index (χ1n) is 10.7. The molecular formula is C25H26N6O. The maximum absolute atomic E-state index is 5.30. The van der Waals surface area contributed by atoms with Crippen LogP contribution in [-0.4, -0.2) is 33.6 Å². The Morgan fingerprint density at radius 3 is 2.78 bits per heavy atom. The van der Waals surface area contributed by atoms with Gasteiger partial charge in [-0.05, 0) is 67.8 Å². The van der Waals surface area contributed by atoms with Crippen LogP contribution in [0.3, 0.4) is 0 Å². The summed E-state index contributed by atoms with van der Waals surface area (Å²) >= 11 is 0. The molecule has 3 aromatic heterocycles. The first kappa shape index (κ1) is 19.9. The van der Waals surface area contributed by atoms with Gasteiger partial charge in [-0.1, -0.05) is 0 Å². The average molecular weight is 427 g/mol. The van der Waals surface area contributed by atoms with E-state index in [2.05, 4.69) is 68.7 Å². The van der Waals surface area contributed by atoms with Crippen LogP contribution < -0.4 is 15.4 Å². The van der Waals surface area contributed by atoms with Crippen LogP contribution in [0.25, 0.3) is 21.8 Å². The molecule has 7 nitrogen and oxygen atoms in total. The van der Waals surface area contributed by atoms with Crippen molar-refractivity contribution in [1.29, 1.82) is 0 Å². The highest BCUT2D eigenvalue weighted by Crippen LogP contribution is 2.26. The van der Waals surface area contributed by atoms with E-state index in [1.165, 1.54) is 27.6 Å². The number of H-pyrrole nitrogens is 2. The predicted molar refractivity (Wildman–Crippen MR) is 130 cm³/mol. The van der Waals surface area contributed by atoms with Crippen LogP contribution in [0.2, 0.25) is 0 Å². The number of fused-ring (bicyclic) bond motifs is 2. The lowest BCUT2D eigenvalue weighted by Gasteiger charge is -2.09. The number of aromatic nitrogens is 4. The molecule has 4 N–H and O–H groups in total. The zero-order valence-corrected chi connectivity index (χ0v) is 18.4. The molecule has 3 heterocycles. The van der Waals surface area contributed by atoms with Crippen molar-refractivity contribution in [3.05, 3.63) is 71.7 Å². The van der Waals surface area contributed by atoms with Gasteiger partial charge in [-0.15, -0.1) is 0 Å². The number of methoxy groups -OCH3 is 1. The topological polar surface area (TPSA) is 90.7 Å². The maximum atomic E-state index is 5.30. The summed E-state index contributed by atoms with van der Waals surface area (Å²) in [7, 11) is 1.68. The Morgan fingerprint density at radius 2 is 1.91 bits per heavy atom. The van der Waals surface area contributed by atoms with E-state index in [0.717, 1.165) is 41.3 Å². The second-order valence-electron chi connectivity index (χ2n) is 7.93. The van der Waals surface area contributed by atoms with E-state index in [-0.39, 0.29) is 0 Å². The van der Waals surface area contributed by atoms with E-state index in [1.807, 2.05) is 24.4 Å². The van der Waals surface area contributed by atoms with Gasteiger partial charge in [0.25, 0.3) is 0 Å². The molecule has 0 radical (unpaired) electrons. The summed E-state index contributed by atoms with van der Waals surface area (Å²) in [5, 5.41) is 9.14. The van der Waals surface area contributed by atoms with E-state index in [4.69, 9.17) is 4.74 Å². The van der Waals surface area contributed by atoms with Gasteiger partial charge in [0.1, 0.15) is 11.6 Å². The lowest BCUT2D eigenvalue weighted by Crippen LogP contribution is -2.08. The fourth-order valence-corrected chi connectivity index (χ4v) is 4.01. The van der Waals surface area contributed by atoms with Crippen LogP contribution in [0.4, 0.5) is 17.5 Å². The number of benzene rings is 2. The third-order valence-electron chi connectivity index (χ3n) is 5.89. The third-order valence-corrected chi connectivity index (χ3v) is 5.89. The van der Waals surface area contributed by atoms with Gasteiger partial charge in [-0.25, -0.2) is 4.98 Å². The number of aromatic amines is 2. The van der Waals surface area contributed by atoms with Gasteiger partial charge in [0.15, 0.2) is 0 Å². The van der Waals surface area contributed by atoms with Gasteiger partial charge in [0.2, 0.25) is 5.95 Å². The van der Waals surface area contributed by atoms with Crippen molar-refractivity contribution in [2.24, 2.45) is 0 Å². The fourth-order valence-electron chi connectivity index (χ4n) is 4.01. The van der Waals surface area contributed by atoms with Crippen LogP contribution in [0.15, 0.2) is 54.9 Å². The summed E-state index contributed by atoms with van der Waals surface area (Å²) in [5.74, 6) is 2.21. The van der Waals surface area contributed by atoms with Crippen molar-refractivity contribution in [3.63, 3.8) is 0 Å². The molecule has 0 aliphatic rings. The summed E-state index contributed by atoms with van der Waals surface area (Å²) in [5.41, 5.74) is 6.93. The molecule has 32 heavy (non-hydrogen) atoms. The zero-order valence-electron chi connectivity index (χ0n) is 18.4. The van der Waals surface area contributed by atoms with Gasteiger partial charge in [-0.2, -0.15) is 4.98 Å². The van der Waals surface area contributed by atoms with Gasteiger partial charge in [0, 0.05) is 58.2 Å². The van der Waals surface area contributed by atoms with Crippen LogP contribution in [-0.2, 0) is 6.42 Å². The van der Waals surface area contributed by atoms with E-state index >= 15 is 0 Å². The molecule has 0 amide bonds. The number of hydrogen-bond donors (Lipinski definition) is 4. The van der Waals surface area contributed by atoms with Crippen molar-refractivity contribution >= 4 is 39.3 Å². The van der Waals surface area contributed by atoms with E-state index in [9.17, 15) is 0 Å². The Bertz CT molecular complexity index is 1400. The molecule has 0 unspecified atom stereocenters. The second kappa shape index (κ2) is 8.26. The number of anilines is 3. The smallest absolute Gasteiger partial charge is 0.224 e. The van der Waals surface area contributed by atoms with Gasteiger partial charge >= 0.3 is 0 Å². The molecule has 2 aromatic carbocycles. The summed E-state index contributed by atoms with van der Waals surface area (Å²) in [6.07, 6.45) is 4.67. The molecule has 0 aliphatic heterocycles. The Labute approximate surface area is 186 Å². The van der Waals surface area contributed by atoms with Crippen molar-refractivity contribution in [3.8, 4) is 5.75 Å². The van der Waals surface area contributed by atoms with Crippen LogP contribution in [0.1, 0.15) is 16.8 Å².